The van der Waals surface area contributed by atoms with Crippen LogP contribution in [-0.4, -0.2) is 17.0 Å². The number of hydrogen-bond acceptors (Lipinski definition) is 4. The van der Waals surface area contributed by atoms with Gasteiger partial charge in [-0.3, -0.25) is 4.98 Å². The molecule has 17 heavy (non-hydrogen) atoms. The highest BCUT2D eigenvalue weighted by molar-refractivity contribution is 5.94. The molecule has 0 atom stereocenters. The molecule has 6 heteroatoms. The maximum Gasteiger partial charge on any atom is 0.364 e. The second-order valence-corrected chi connectivity index (χ2v) is 3.27. The standard InChI is InChI=1S/C11H9N3O3/c12-11(16)14-17-10(15)8-5-7-3-1-2-4-9(7)13-6-8/h1-6H,(H3,12,14,16). The zero-order valence-corrected chi connectivity index (χ0v) is 8.71. The molecule has 1 aromatic heterocycles. The maximum absolute atomic E-state index is 11.5. The van der Waals surface area contributed by atoms with E-state index in [1.807, 2.05) is 24.3 Å². The van der Waals surface area contributed by atoms with E-state index in [1.54, 1.807) is 11.5 Å². The molecule has 2 rings (SSSR count). The Morgan fingerprint density at radius 3 is 2.82 bits per heavy atom. The Morgan fingerprint density at radius 2 is 2.06 bits per heavy atom. The molecule has 1 aromatic carbocycles. The Balaban J connectivity index is 2.24. The Morgan fingerprint density at radius 1 is 1.29 bits per heavy atom. The summed E-state index contributed by atoms with van der Waals surface area (Å²) < 4.78 is 0. The van der Waals surface area contributed by atoms with E-state index in [4.69, 9.17) is 5.73 Å². The first-order chi connectivity index (χ1) is 8.16. The van der Waals surface area contributed by atoms with E-state index in [-0.39, 0.29) is 5.56 Å². The highest BCUT2D eigenvalue weighted by atomic mass is 16.7. The third-order valence-electron chi connectivity index (χ3n) is 2.07. The fourth-order valence-electron chi connectivity index (χ4n) is 1.34. The third kappa shape index (κ3) is 2.49. The quantitative estimate of drug-likeness (QED) is 0.715. The van der Waals surface area contributed by atoms with E-state index in [9.17, 15) is 9.59 Å². The van der Waals surface area contributed by atoms with Gasteiger partial charge in [0.05, 0.1) is 11.1 Å². The summed E-state index contributed by atoms with van der Waals surface area (Å²) in [4.78, 5) is 30.3. The summed E-state index contributed by atoms with van der Waals surface area (Å²) in [6.45, 7) is 0. The molecule has 0 radical (unpaired) electrons. The van der Waals surface area contributed by atoms with Gasteiger partial charge < -0.3 is 10.6 Å². The first kappa shape index (κ1) is 10.9. The van der Waals surface area contributed by atoms with Crippen molar-refractivity contribution < 1.29 is 14.4 Å². The molecule has 6 nitrogen and oxygen atoms in total. The minimum atomic E-state index is -0.938. The number of urea groups is 1. The number of nitrogens with zero attached hydrogens (tertiary/aromatic N) is 1. The van der Waals surface area contributed by atoms with Crippen LogP contribution in [0.15, 0.2) is 36.5 Å². The van der Waals surface area contributed by atoms with Gasteiger partial charge in [0.25, 0.3) is 0 Å². The number of hydrogen-bond donors (Lipinski definition) is 2. The van der Waals surface area contributed by atoms with Crippen LogP contribution in [-0.2, 0) is 4.84 Å². The molecule has 1 heterocycles. The van der Waals surface area contributed by atoms with Crippen molar-refractivity contribution in [2.24, 2.45) is 5.73 Å². The van der Waals surface area contributed by atoms with Gasteiger partial charge in [-0.15, -0.1) is 0 Å². The predicted molar refractivity (Wildman–Crippen MR) is 59.9 cm³/mol. The molecule has 86 valence electrons. The summed E-state index contributed by atoms with van der Waals surface area (Å²) >= 11 is 0. The molecular formula is C11H9N3O3. The van der Waals surface area contributed by atoms with Gasteiger partial charge in [-0.05, 0) is 12.1 Å². The van der Waals surface area contributed by atoms with Crippen molar-refractivity contribution in [3.63, 3.8) is 0 Å². The highest BCUT2D eigenvalue weighted by Crippen LogP contribution is 2.12. The number of fused-ring (bicyclic) bond motifs is 1. The number of primary amides is 1. The number of nitrogens with two attached hydrogens (primary N) is 1. The molecule has 0 aliphatic carbocycles. The molecule has 0 spiro atoms. The summed E-state index contributed by atoms with van der Waals surface area (Å²) in [5.41, 5.74) is 7.52. The van der Waals surface area contributed by atoms with Crippen LogP contribution >= 0.6 is 0 Å². The zero-order valence-electron chi connectivity index (χ0n) is 8.71. The van der Waals surface area contributed by atoms with Crippen LogP contribution in [0, 0.1) is 0 Å². The van der Waals surface area contributed by atoms with Crippen LogP contribution in [0.3, 0.4) is 0 Å². The molecule has 0 unspecified atom stereocenters. The smallest absolute Gasteiger partial charge is 0.349 e. The molecule has 2 aromatic rings. The lowest BCUT2D eigenvalue weighted by molar-refractivity contribution is 0.0335. The Kier molecular flexibility index (Phi) is 2.87. The van der Waals surface area contributed by atoms with Crippen molar-refractivity contribution in [3.8, 4) is 0 Å². The molecule has 2 amide bonds. The van der Waals surface area contributed by atoms with Crippen LogP contribution in [0.5, 0.6) is 0 Å². The molecule has 0 aliphatic rings. The van der Waals surface area contributed by atoms with Crippen molar-refractivity contribution in [2.75, 3.05) is 0 Å². The van der Waals surface area contributed by atoms with E-state index >= 15 is 0 Å². The Labute approximate surface area is 96.3 Å². The average Bonchev–Trinajstić information content (AvgIpc) is 2.35. The number of para-hydroxylation sites is 1. The molecule has 0 bridgehead atoms. The minimum Gasteiger partial charge on any atom is -0.349 e. The summed E-state index contributed by atoms with van der Waals surface area (Å²) in [5.74, 6) is -0.720. The maximum atomic E-state index is 11.5. The number of aromatic nitrogens is 1. The van der Waals surface area contributed by atoms with Gasteiger partial charge in [0.2, 0.25) is 0 Å². The van der Waals surface area contributed by atoms with Gasteiger partial charge in [-0.1, -0.05) is 18.2 Å². The van der Waals surface area contributed by atoms with E-state index < -0.39 is 12.0 Å². The second kappa shape index (κ2) is 4.48. The van der Waals surface area contributed by atoms with E-state index in [0.29, 0.717) is 0 Å². The average molecular weight is 231 g/mol. The predicted octanol–water partition coefficient (Wildman–Crippen LogP) is 0.975. The van der Waals surface area contributed by atoms with Crippen LogP contribution in [0.2, 0.25) is 0 Å². The monoisotopic (exact) mass is 231 g/mol. The van der Waals surface area contributed by atoms with Crippen LogP contribution < -0.4 is 11.2 Å². The molecule has 0 fully saturated rings. The molecule has 0 aliphatic heterocycles. The van der Waals surface area contributed by atoms with Gasteiger partial charge >= 0.3 is 12.0 Å². The Bertz CT molecular complexity index is 583. The van der Waals surface area contributed by atoms with Gasteiger partial charge in [0, 0.05) is 11.6 Å². The van der Waals surface area contributed by atoms with Gasteiger partial charge in [-0.2, -0.15) is 5.48 Å². The number of carbonyl (C=O) groups is 2. The van der Waals surface area contributed by atoms with E-state index in [2.05, 4.69) is 9.82 Å². The fourth-order valence-corrected chi connectivity index (χ4v) is 1.34. The number of nitrogens with one attached hydrogen (secondary N) is 1. The van der Waals surface area contributed by atoms with Gasteiger partial charge in [-0.25, -0.2) is 9.59 Å². The number of benzene rings is 1. The molecule has 0 saturated carbocycles. The largest absolute Gasteiger partial charge is 0.364 e. The lowest BCUT2D eigenvalue weighted by atomic mass is 10.2. The number of hydroxylamine groups is 1. The summed E-state index contributed by atoms with van der Waals surface area (Å²) in [6.07, 6.45) is 1.37. The third-order valence-corrected chi connectivity index (χ3v) is 2.07. The van der Waals surface area contributed by atoms with Crippen molar-refractivity contribution >= 4 is 22.9 Å². The van der Waals surface area contributed by atoms with Crippen LogP contribution in [0.1, 0.15) is 10.4 Å². The van der Waals surface area contributed by atoms with Crippen molar-refractivity contribution in [1.82, 2.24) is 10.5 Å². The fraction of sp³-hybridized carbons (Fsp3) is 0. The SMILES string of the molecule is NC(=O)NOC(=O)c1cnc2ccccc2c1. The van der Waals surface area contributed by atoms with Crippen molar-refractivity contribution in [3.05, 3.63) is 42.1 Å². The summed E-state index contributed by atoms with van der Waals surface area (Å²) in [6, 6.07) is 8.01. The first-order valence-corrected chi connectivity index (χ1v) is 4.78. The van der Waals surface area contributed by atoms with E-state index in [0.717, 1.165) is 10.9 Å². The topological polar surface area (TPSA) is 94.3 Å². The molecule has 0 saturated heterocycles. The summed E-state index contributed by atoms with van der Waals surface area (Å²) in [7, 11) is 0. The van der Waals surface area contributed by atoms with Crippen LogP contribution in [0.25, 0.3) is 10.9 Å². The summed E-state index contributed by atoms with van der Waals surface area (Å²) in [5, 5.41) is 0.807. The number of pyridine rings is 1. The normalized spacial score (nSPS) is 9.88. The zero-order chi connectivity index (χ0) is 12.3. The number of amides is 2. The molecular weight excluding hydrogens is 222 g/mol. The van der Waals surface area contributed by atoms with Gasteiger partial charge in [0.15, 0.2) is 0 Å². The van der Waals surface area contributed by atoms with Crippen LogP contribution in [0.4, 0.5) is 4.79 Å². The Hall–Kier alpha value is -2.63. The van der Waals surface area contributed by atoms with Crippen molar-refractivity contribution in [1.29, 1.82) is 0 Å². The lowest BCUT2D eigenvalue weighted by Crippen LogP contribution is -2.31. The minimum absolute atomic E-state index is 0.234. The van der Waals surface area contributed by atoms with Crippen molar-refractivity contribution in [2.45, 2.75) is 0 Å². The highest BCUT2D eigenvalue weighted by Gasteiger charge is 2.09. The molecule has 3 N–H and O–H groups in total. The number of rotatable bonds is 1. The van der Waals surface area contributed by atoms with Gasteiger partial charge in [0.1, 0.15) is 0 Å². The number of carbonyl (C=O) groups excluding carboxylic acids is 2. The van der Waals surface area contributed by atoms with E-state index in [1.165, 1.54) is 6.20 Å². The lowest BCUT2D eigenvalue weighted by Gasteiger charge is -2.03. The first-order valence-electron chi connectivity index (χ1n) is 4.78. The second-order valence-electron chi connectivity index (χ2n) is 3.27.